The summed E-state index contributed by atoms with van der Waals surface area (Å²) in [4.78, 5) is 18.6. The van der Waals surface area contributed by atoms with Gasteiger partial charge in [-0.3, -0.25) is 18.1 Å². The molecule has 0 bridgehead atoms. The van der Waals surface area contributed by atoms with Crippen LogP contribution in [0, 0.1) is 5.92 Å². The van der Waals surface area contributed by atoms with Crippen LogP contribution in [0.3, 0.4) is 0 Å². The molecule has 3 N–H and O–H groups in total. The number of alkyl halides is 1. The predicted octanol–water partition coefficient (Wildman–Crippen LogP) is 1.59. The van der Waals surface area contributed by atoms with E-state index in [2.05, 4.69) is 18.1 Å². The highest BCUT2D eigenvalue weighted by Crippen LogP contribution is 2.46. The first-order chi connectivity index (χ1) is 11.0. The molecule has 0 aliphatic carbocycles. The zero-order valence-corrected chi connectivity index (χ0v) is 15.4. The molecular weight excluding hydrogens is 368 g/mol. The molecule has 0 amide bonds. The van der Waals surface area contributed by atoms with Crippen molar-refractivity contribution in [3.8, 4) is 0 Å². The molecule has 0 aliphatic heterocycles. The molecule has 9 nitrogen and oxygen atoms in total. The van der Waals surface area contributed by atoms with Crippen molar-refractivity contribution >= 4 is 23.5 Å². The van der Waals surface area contributed by atoms with Crippen LogP contribution in [0.2, 0.25) is 5.82 Å². The Bertz CT molecular complexity index is 440. The van der Waals surface area contributed by atoms with Gasteiger partial charge in [0.1, 0.15) is 6.17 Å². The molecule has 0 saturated carbocycles. The summed E-state index contributed by atoms with van der Waals surface area (Å²) >= 11 is 0. The number of hydrogen-bond acceptors (Lipinski definition) is 7. The Hall–Kier alpha value is 0.175. The van der Waals surface area contributed by atoms with Crippen LogP contribution in [0.5, 0.6) is 0 Å². The van der Waals surface area contributed by atoms with Gasteiger partial charge in [-0.2, -0.15) is 0 Å². The number of aliphatic hydroxyl groups is 1. The first-order valence-electron chi connectivity index (χ1n) is 7.21. The monoisotopic (exact) mass is 392 g/mol. The van der Waals surface area contributed by atoms with Crippen LogP contribution in [0.25, 0.3) is 0 Å². The summed E-state index contributed by atoms with van der Waals surface area (Å²) in [6.07, 6.45) is -1.24. The number of phosphoric ester groups is 2. The van der Waals surface area contributed by atoms with Crippen LogP contribution in [-0.2, 0) is 27.2 Å². The number of phosphoric acid groups is 2. The SMILES string of the molecule is [B]C(CO)COP(=O)(O)OCCOP(=O)(O)OCC(F)CC(C)C. The van der Waals surface area contributed by atoms with Crippen LogP contribution >= 0.6 is 15.6 Å². The average Bonchev–Trinajstić information content (AvgIpc) is 2.47. The Balaban J connectivity index is 3.99. The summed E-state index contributed by atoms with van der Waals surface area (Å²) in [5.74, 6) is -0.787. The topological polar surface area (TPSA) is 132 Å². The van der Waals surface area contributed by atoms with E-state index in [1.807, 2.05) is 0 Å². The van der Waals surface area contributed by atoms with Crippen LogP contribution < -0.4 is 0 Å². The highest BCUT2D eigenvalue weighted by atomic mass is 31.2. The van der Waals surface area contributed by atoms with E-state index in [4.69, 9.17) is 13.0 Å². The van der Waals surface area contributed by atoms with Crippen molar-refractivity contribution in [3.63, 3.8) is 0 Å². The molecular formula is C11H24BFO9P2. The summed E-state index contributed by atoms with van der Waals surface area (Å²) in [5, 5.41) is 8.64. The van der Waals surface area contributed by atoms with Gasteiger partial charge in [0.2, 0.25) is 0 Å². The minimum Gasteiger partial charge on any atom is -0.397 e. The molecule has 0 aliphatic rings. The quantitative estimate of drug-likeness (QED) is 0.229. The van der Waals surface area contributed by atoms with Gasteiger partial charge in [0.05, 0.1) is 34.3 Å². The Kier molecular flexibility index (Phi) is 11.8. The van der Waals surface area contributed by atoms with Crippen molar-refractivity contribution in [2.45, 2.75) is 32.3 Å². The molecule has 0 saturated heterocycles. The normalized spacial score (nSPS) is 19.6. The third-order valence-electron chi connectivity index (χ3n) is 2.42. The second-order valence-corrected chi connectivity index (χ2v) is 8.27. The maximum atomic E-state index is 13.4. The molecule has 0 fully saturated rings. The van der Waals surface area contributed by atoms with Gasteiger partial charge in [-0.15, -0.1) is 0 Å². The Morgan fingerprint density at radius 3 is 1.88 bits per heavy atom. The highest BCUT2D eigenvalue weighted by Gasteiger charge is 2.26. The number of hydrogen-bond donors (Lipinski definition) is 3. The van der Waals surface area contributed by atoms with Crippen molar-refractivity contribution in [2.75, 3.05) is 33.0 Å². The molecule has 2 radical (unpaired) electrons. The van der Waals surface area contributed by atoms with Crippen LogP contribution in [-0.4, -0.2) is 61.9 Å². The zero-order valence-electron chi connectivity index (χ0n) is 13.6. The van der Waals surface area contributed by atoms with Gasteiger partial charge in [-0.25, -0.2) is 13.5 Å². The molecule has 0 rings (SSSR count). The zero-order chi connectivity index (χ0) is 18.8. The van der Waals surface area contributed by atoms with Crippen molar-refractivity contribution < 1.29 is 46.5 Å². The van der Waals surface area contributed by atoms with Gasteiger partial charge in [0.25, 0.3) is 0 Å². The van der Waals surface area contributed by atoms with Gasteiger partial charge >= 0.3 is 15.6 Å². The summed E-state index contributed by atoms with van der Waals surface area (Å²) in [7, 11) is -3.65. The molecule has 13 heteroatoms. The number of rotatable bonds is 14. The molecule has 24 heavy (non-hydrogen) atoms. The van der Waals surface area contributed by atoms with Crippen LogP contribution in [0.1, 0.15) is 20.3 Å². The summed E-state index contributed by atoms with van der Waals surface area (Å²) in [5.41, 5.74) is 0. The highest BCUT2D eigenvalue weighted by molar-refractivity contribution is 7.47. The smallest absolute Gasteiger partial charge is 0.397 e. The molecule has 4 unspecified atom stereocenters. The van der Waals surface area contributed by atoms with E-state index in [0.717, 1.165) is 0 Å². The van der Waals surface area contributed by atoms with Gasteiger partial charge in [-0.1, -0.05) is 13.8 Å². The van der Waals surface area contributed by atoms with E-state index in [-0.39, 0.29) is 12.3 Å². The van der Waals surface area contributed by atoms with E-state index >= 15 is 0 Å². The number of aliphatic hydroxyl groups excluding tert-OH is 1. The standard InChI is InChI=1S/C11H24BFO9P2/c1-9(2)5-11(13)8-22-24(17,18)20-4-3-19-23(15,16)21-7-10(12)6-14/h9-11,14H,3-8H2,1-2H3,(H,15,16)(H,17,18). The van der Waals surface area contributed by atoms with Crippen molar-refractivity contribution in [1.29, 1.82) is 0 Å². The molecule has 0 aromatic carbocycles. The van der Waals surface area contributed by atoms with Crippen molar-refractivity contribution in [3.05, 3.63) is 0 Å². The lowest BCUT2D eigenvalue weighted by atomic mass is 9.90. The fraction of sp³-hybridized carbons (Fsp3) is 1.00. The first kappa shape index (κ1) is 24.2. The van der Waals surface area contributed by atoms with Crippen molar-refractivity contribution in [2.24, 2.45) is 5.92 Å². The lowest BCUT2D eigenvalue weighted by Gasteiger charge is -2.16. The van der Waals surface area contributed by atoms with Crippen LogP contribution in [0.4, 0.5) is 4.39 Å². The van der Waals surface area contributed by atoms with E-state index < -0.39 is 60.7 Å². The second-order valence-electron chi connectivity index (χ2n) is 5.36. The minimum absolute atomic E-state index is 0.0636. The van der Waals surface area contributed by atoms with Gasteiger partial charge in [-0.05, 0) is 18.2 Å². The molecule has 142 valence electrons. The molecule has 4 atom stereocenters. The largest absolute Gasteiger partial charge is 0.472 e. The fourth-order valence-electron chi connectivity index (χ4n) is 1.38. The Morgan fingerprint density at radius 1 is 1.00 bits per heavy atom. The first-order valence-corrected chi connectivity index (χ1v) is 10.2. The Labute approximate surface area is 142 Å². The third kappa shape index (κ3) is 13.5. The van der Waals surface area contributed by atoms with Gasteiger partial charge < -0.3 is 14.9 Å². The lowest BCUT2D eigenvalue weighted by Crippen LogP contribution is -2.13. The van der Waals surface area contributed by atoms with Gasteiger partial charge in [0.15, 0.2) is 0 Å². The van der Waals surface area contributed by atoms with Crippen LogP contribution in [0.15, 0.2) is 0 Å². The Morgan fingerprint density at radius 2 is 1.46 bits per heavy atom. The molecule has 0 heterocycles. The minimum atomic E-state index is -4.49. The van der Waals surface area contributed by atoms with E-state index in [1.165, 1.54) is 0 Å². The predicted molar refractivity (Wildman–Crippen MR) is 84.4 cm³/mol. The molecule has 0 aromatic rings. The van der Waals surface area contributed by atoms with Crippen molar-refractivity contribution in [1.82, 2.24) is 0 Å². The molecule has 0 aromatic heterocycles. The number of halogens is 1. The van der Waals surface area contributed by atoms with E-state index in [1.54, 1.807) is 13.8 Å². The summed E-state index contributed by atoms with van der Waals surface area (Å²) < 4.78 is 54.1. The van der Waals surface area contributed by atoms with E-state index in [0.29, 0.717) is 0 Å². The maximum Gasteiger partial charge on any atom is 0.472 e. The maximum absolute atomic E-state index is 13.4. The fourth-order valence-corrected chi connectivity index (χ4v) is 2.87. The third-order valence-corrected chi connectivity index (χ3v) is 4.39. The molecule has 0 spiro atoms. The summed E-state index contributed by atoms with van der Waals surface area (Å²) in [6, 6.07) is 0. The van der Waals surface area contributed by atoms with Gasteiger partial charge in [0, 0.05) is 6.61 Å². The average molecular weight is 392 g/mol. The lowest BCUT2D eigenvalue weighted by molar-refractivity contribution is 0.0854. The second kappa shape index (κ2) is 11.7. The summed E-state index contributed by atoms with van der Waals surface area (Å²) in [6.45, 7) is 1.01. The van der Waals surface area contributed by atoms with E-state index in [9.17, 15) is 23.3 Å².